The van der Waals surface area contributed by atoms with Gasteiger partial charge in [0.05, 0.1) is 5.92 Å². The van der Waals surface area contributed by atoms with Gasteiger partial charge in [-0.1, -0.05) is 331 Å². The molecule has 3 heteroatoms. The first-order valence-electron chi connectivity index (χ1n) is 35.7. The zero-order valence-corrected chi connectivity index (χ0v) is 53.9. The Morgan fingerprint density at radius 2 is 0.487 bits per heavy atom. The van der Waals surface area contributed by atoms with Crippen LogP contribution in [0, 0.1) is 5.92 Å². The second kappa shape index (κ2) is 59.7. The van der Waals surface area contributed by atoms with Crippen LogP contribution in [0.3, 0.4) is 0 Å². The van der Waals surface area contributed by atoms with E-state index >= 15 is 0 Å². The van der Waals surface area contributed by atoms with Crippen LogP contribution in [0.2, 0.25) is 0 Å². The van der Waals surface area contributed by atoms with Gasteiger partial charge in [-0.25, -0.2) is 0 Å². The summed E-state index contributed by atoms with van der Waals surface area (Å²) in [4.78, 5) is 10.5. The van der Waals surface area contributed by atoms with Gasteiger partial charge in [0.1, 0.15) is 6.54 Å². The Morgan fingerprint density at radius 3 is 0.724 bits per heavy atom. The van der Waals surface area contributed by atoms with Crippen molar-refractivity contribution in [3.63, 3.8) is 0 Å². The fourth-order valence-corrected chi connectivity index (χ4v) is 12.4. The van der Waals surface area contributed by atoms with E-state index in [4.69, 9.17) is 5.11 Å². The molecule has 3 nitrogen and oxygen atoms in total. The summed E-state index contributed by atoms with van der Waals surface area (Å²) in [6.07, 6.45) is 78.9. The number of hydrogen-bond donors (Lipinski definition) is 1. The molecule has 0 atom stereocenters. The van der Waals surface area contributed by atoms with E-state index in [-0.39, 0.29) is 5.92 Å². The van der Waals surface area contributed by atoms with Gasteiger partial charge in [-0.3, -0.25) is 4.79 Å². The van der Waals surface area contributed by atoms with E-state index in [1.54, 1.807) is 0 Å². The molecule has 1 rings (SSSR count). The Labute approximate surface area is 480 Å². The van der Waals surface area contributed by atoms with Crippen molar-refractivity contribution in [1.82, 2.24) is 0 Å². The van der Waals surface area contributed by atoms with Gasteiger partial charge in [0, 0.05) is 30.4 Å². The van der Waals surface area contributed by atoms with Crippen LogP contribution in [-0.4, -0.2) is 11.1 Å². The van der Waals surface area contributed by atoms with Gasteiger partial charge in [-0.05, 0) is 76.2 Å². The lowest BCUT2D eigenvalue weighted by Gasteiger charge is -2.23. The number of carbonyl (C=O) groups is 1. The molecule has 1 N–H and O–H groups in total. The highest BCUT2D eigenvalue weighted by molar-refractivity contribution is 5.69. The van der Waals surface area contributed by atoms with E-state index in [1.165, 1.54) is 347 Å². The predicted molar refractivity (Wildman–Crippen MR) is 342 cm³/mol. The zero-order valence-electron chi connectivity index (χ0n) is 53.9. The topological polar surface area (TPSA) is 41.2 Å². The Bertz CT molecular complexity index is 1080. The lowest BCUT2D eigenvalue weighted by atomic mass is 9.85. The molecule has 0 fully saturated rings. The van der Waals surface area contributed by atoms with E-state index in [0.29, 0.717) is 0 Å². The summed E-state index contributed by atoms with van der Waals surface area (Å²) >= 11 is 0. The normalized spacial score (nSPS) is 11.5. The largest absolute Gasteiger partial charge is 0.481 e. The van der Waals surface area contributed by atoms with Gasteiger partial charge in [0.15, 0.2) is 11.4 Å². The highest BCUT2D eigenvalue weighted by Gasteiger charge is 2.29. The average molecular weight is 1070 g/mol. The molecule has 0 aliphatic heterocycles. The second-order valence-electron chi connectivity index (χ2n) is 24.7. The SMILES string of the molecule is CCCC(CCC)C(=O)O.CCCCCCCCCCc1c(CCCCCCCCCC)c(CCCCCCCCCC)[n+](CCCCCCCCCC)c(CCCCCCCCCC)c1CCCCCCCCCC. The fourth-order valence-electron chi connectivity index (χ4n) is 12.4. The first-order chi connectivity index (χ1) is 37.4. The van der Waals surface area contributed by atoms with Crippen molar-refractivity contribution >= 4 is 5.97 Å². The number of carboxylic acid groups (broad SMARTS) is 1. The van der Waals surface area contributed by atoms with Gasteiger partial charge in [-0.15, -0.1) is 0 Å². The molecule has 0 aliphatic rings. The summed E-state index contributed by atoms with van der Waals surface area (Å²) in [5.74, 6) is -0.737. The van der Waals surface area contributed by atoms with Crippen LogP contribution in [0.25, 0.3) is 0 Å². The highest BCUT2D eigenvalue weighted by Crippen LogP contribution is 2.30. The van der Waals surface area contributed by atoms with E-state index in [0.717, 1.165) is 25.7 Å². The molecule has 1 aromatic rings. The van der Waals surface area contributed by atoms with Crippen LogP contribution >= 0.6 is 0 Å². The Hall–Kier alpha value is -1.38. The molecule has 0 aliphatic carbocycles. The quantitative estimate of drug-likeness (QED) is 0.0522. The summed E-state index contributed by atoms with van der Waals surface area (Å²) in [5, 5.41) is 8.64. The third-order valence-electron chi connectivity index (χ3n) is 17.3. The van der Waals surface area contributed by atoms with E-state index in [1.807, 2.05) is 41.9 Å². The van der Waals surface area contributed by atoms with E-state index < -0.39 is 5.97 Å². The van der Waals surface area contributed by atoms with Crippen molar-refractivity contribution in [2.24, 2.45) is 5.92 Å². The van der Waals surface area contributed by atoms with Crippen molar-refractivity contribution in [3.8, 4) is 0 Å². The molecule has 0 bridgehead atoms. The number of pyridine rings is 1. The maximum absolute atomic E-state index is 10.5. The van der Waals surface area contributed by atoms with E-state index in [9.17, 15) is 4.79 Å². The summed E-state index contributed by atoms with van der Waals surface area (Å²) in [5.41, 5.74) is 9.44. The van der Waals surface area contributed by atoms with Crippen LogP contribution < -0.4 is 4.57 Å². The number of carboxylic acids is 1. The third kappa shape index (κ3) is 43.4. The first kappa shape index (κ1) is 74.6. The molecule has 0 aromatic carbocycles. The predicted octanol–water partition coefficient (Wildman–Crippen LogP) is 24.8. The number of aliphatic carboxylic acids is 1. The maximum atomic E-state index is 10.5. The summed E-state index contributed by atoms with van der Waals surface area (Å²) < 4.78 is 3.12. The van der Waals surface area contributed by atoms with Crippen LogP contribution in [0.5, 0.6) is 0 Å². The van der Waals surface area contributed by atoms with Crippen LogP contribution in [-0.2, 0) is 43.4 Å². The Morgan fingerprint density at radius 1 is 0.276 bits per heavy atom. The number of nitrogens with zero attached hydrogens (tertiary/aromatic N) is 1. The zero-order chi connectivity index (χ0) is 55.6. The molecule has 1 aromatic heterocycles. The van der Waals surface area contributed by atoms with Gasteiger partial charge >= 0.3 is 5.97 Å². The minimum Gasteiger partial charge on any atom is -0.481 e. The number of unbranched alkanes of at least 4 members (excludes halogenated alkanes) is 42. The van der Waals surface area contributed by atoms with Gasteiger partial charge in [0.25, 0.3) is 0 Å². The minimum atomic E-state index is -0.635. The Kier molecular flexibility index (Phi) is 58.6. The lowest BCUT2D eigenvalue weighted by Crippen LogP contribution is -2.46. The smallest absolute Gasteiger partial charge is 0.306 e. The van der Waals surface area contributed by atoms with Crippen molar-refractivity contribution in [3.05, 3.63) is 28.1 Å². The van der Waals surface area contributed by atoms with Crippen molar-refractivity contribution < 1.29 is 14.5 Å². The summed E-state index contributed by atoms with van der Waals surface area (Å²) in [6, 6.07) is 0. The number of aromatic nitrogens is 1. The van der Waals surface area contributed by atoms with Gasteiger partial charge in [0.2, 0.25) is 0 Å². The third-order valence-corrected chi connectivity index (χ3v) is 17.3. The summed E-state index contributed by atoms with van der Waals surface area (Å²) in [7, 11) is 0. The molecule has 0 amide bonds. The van der Waals surface area contributed by atoms with E-state index in [2.05, 4.69) is 46.1 Å². The number of rotatable bonds is 59. The molecule has 0 spiro atoms. The fraction of sp³-hybridized carbons (Fsp3) is 0.918. The lowest BCUT2D eigenvalue weighted by molar-refractivity contribution is -0.712. The average Bonchev–Trinajstić information content (AvgIpc) is 3.42. The second-order valence-corrected chi connectivity index (χ2v) is 24.7. The molecular formula is C73H142NO2+. The minimum absolute atomic E-state index is 0.102. The monoisotopic (exact) mass is 1070 g/mol. The molecule has 1 heterocycles. The van der Waals surface area contributed by atoms with Gasteiger partial charge < -0.3 is 5.11 Å². The van der Waals surface area contributed by atoms with Crippen LogP contribution in [0.15, 0.2) is 0 Å². The standard InChI is InChI=1S/C65H126N.C8H16O2/c1-7-13-19-25-31-37-43-49-55-61-62(56-50-44-38-32-26-20-14-8-2)64(58-52-46-40-34-28-22-16-10-4)66(60-54-48-42-36-30-24-18-12-6)65(59-53-47-41-35-29-23-17-11-5)63(61)57-51-45-39-33-27-21-15-9-3;1-3-5-7(6-4-2)8(9)10/h7-60H2,1-6H3;7H,3-6H2,1-2H3,(H,9,10)/q+1;. The van der Waals surface area contributed by atoms with Crippen molar-refractivity contribution in [2.75, 3.05) is 0 Å². The molecule has 0 radical (unpaired) electrons. The summed E-state index contributed by atoms with van der Waals surface area (Å²) in [6.45, 7) is 19.5. The van der Waals surface area contributed by atoms with Crippen molar-refractivity contribution in [1.29, 1.82) is 0 Å². The highest BCUT2D eigenvalue weighted by atomic mass is 16.4. The molecule has 0 saturated heterocycles. The molecule has 0 saturated carbocycles. The molecule has 0 unspecified atom stereocenters. The number of hydrogen-bond acceptors (Lipinski definition) is 1. The first-order valence-corrected chi connectivity index (χ1v) is 35.7. The molecular weight excluding hydrogens is 923 g/mol. The van der Waals surface area contributed by atoms with Crippen molar-refractivity contribution in [2.45, 2.75) is 428 Å². The van der Waals surface area contributed by atoms with Gasteiger partial charge in [-0.2, -0.15) is 4.57 Å². The molecule has 76 heavy (non-hydrogen) atoms. The van der Waals surface area contributed by atoms with Crippen LogP contribution in [0.1, 0.15) is 417 Å². The Balaban J connectivity index is 0.00000505. The maximum Gasteiger partial charge on any atom is 0.306 e. The van der Waals surface area contributed by atoms with Crippen LogP contribution in [0.4, 0.5) is 0 Å². The molecule has 450 valence electrons.